The van der Waals surface area contributed by atoms with E-state index in [2.05, 4.69) is 31.2 Å². The zero-order valence-corrected chi connectivity index (χ0v) is 15.5. The number of phenolic OH excluding ortho intramolecular Hbond substituents is 1. The summed E-state index contributed by atoms with van der Waals surface area (Å²) in [5.41, 5.74) is 2.89. The number of imidazole rings is 1. The molecule has 3 aromatic rings. The van der Waals surface area contributed by atoms with Gasteiger partial charge in [0, 0.05) is 26.7 Å². The van der Waals surface area contributed by atoms with E-state index in [-0.39, 0.29) is 5.75 Å². The van der Waals surface area contributed by atoms with Crippen LogP contribution in [0.15, 0.2) is 47.5 Å². The first-order valence-corrected chi connectivity index (χ1v) is 8.92. The molecule has 3 N–H and O–H groups in total. The number of aromatic nitrogens is 2. The van der Waals surface area contributed by atoms with E-state index < -0.39 is 5.82 Å². The van der Waals surface area contributed by atoms with Crippen molar-refractivity contribution in [1.82, 2.24) is 20.2 Å². The fourth-order valence-corrected chi connectivity index (χ4v) is 2.99. The molecule has 0 fully saturated rings. The van der Waals surface area contributed by atoms with E-state index in [0.29, 0.717) is 12.5 Å². The van der Waals surface area contributed by atoms with Crippen molar-refractivity contribution in [3.63, 3.8) is 0 Å². The molecule has 6 nitrogen and oxygen atoms in total. The summed E-state index contributed by atoms with van der Waals surface area (Å²) in [6, 6.07) is 12.5. The second kappa shape index (κ2) is 8.53. The van der Waals surface area contributed by atoms with Gasteiger partial charge in [-0.1, -0.05) is 18.2 Å². The first-order chi connectivity index (χ1) is 13.1. The summed E-state index contributed by atoms with van der Waals surface area (Å²) in [4.78, 5) is 8.75. The van der Waals surface area contributed by atoms with Crippen molar-refractivity contribution in [1.29, 1.82) is 0 Å². The largest absolute Gasteiger partial charge is 0.505 e. The molecule has 0 amide bonds. The third-order valence-electron chi connectivity index (χ3n) is 4.39. The number of hydrogen-bond donors (Lipinski definition) is 3. The number of nitrogens with one attached hydrogen (secondary N) is 2. The van der Waals surface area contributed by atoms with Crippen molar-refractivity contribution < 1.29 is 9.50 Å². The van der Waals surface area contributed by atoms with Crippen LogP contribution < -0.4 is 10.6 Å². The molecule has 0 radical (unpaired) electrons. The van der Waals surface area contributed by atoms with Gasteiger partial charge in [-0.25, -0.2) is 9.37 Å². The molecule has 0 unspecified atom stereocenters. The lowest BCUT2D eigenvalue weighted by Crippen LogP contribution is -2.37. The fourth-order valence-electron chi connectivity index (χ4n) is 2.99. The molecule has 0 saturated carbocycles. The van der Waals surface area contributed by atoms with E-state index in [4.69, 9.17) is 0 Å². The highest BCUT2D eigenvalue weighted by molar-refractivity contribution is 5.79. The van der Waals surface area contributed by atoms with Crippen LogP contribution in [0, 0.1) is 12.7 Å². The Bertz CT molecular complexity index is 951. The first kappa shape index (κ1) is 18.7. The Balaban J connectivity index is 1.48. The number of fused-ring (bicyclic) bond motifs is 1. The Morgan fingerprint density at radius 1 is 1.22 bits per heavy atom. The van der Waals surface area contributed by atoms with Crippen molar-refractivity contribution in [2.24, 2.45) is 4.99 Å². The van der Waals surface area contributed by atoms with Gasteiger partial charge in [-0.2, -0.15) is 0 Å². The summed E-state index contributed by atoms with van der Waals surface area (Å²) in [6.07, 6.45) is 0.912. The predicted octanol–water partition coefficient (Wildman–Crippen LogP) is 2.94. The second-order valence-corrected chi connectivity index (χ2v) is 6.29. The smallest absolute Gasteiger partial charge is 0.191 e. The lowest BCUT2D eigenvalue weighted by atomic mass is 10.2. The van der Waals surface area contributed by atoms with Crippen LogP contribution in [0.4, 0.5) is 4.39 Å². The fraction of sp³-hybridized carbons (Fsp3) is 0.300. The molecule has 142 valence electrons. The molecule has 0 aliphatic carbocycles. The minimum absolute atomic E-state index is 0.344. The van der Waals surface area contributed by atoms with Gasteiger partial charge in [0.15, 0.2) is 17.5 Å². The molecule has 0 aliphatic rings. The van der Waals surface area contributed by atoms with Gasteiger partial charge in [0.1, 0.15) is 5.82 Å². The summed E-state index contributed by atoms with van der Waals surface area (Å²) in [6.45, 7) is 4.04. The van der Waals surface area contributed by atoms with E-state index in [1.165, 1.54) is 12.1 Å². The van der Waals surface area contributed by atoms with Gasteiger partial charge < -0.3 is 20.3 Å². The maximum Gasteiger partial charge on any atom is 0.191 e. The van der Waals surface area contributed by atoms with E-state index >= 15 is 0 Å². The molecule has 0 aliphatic heterocycles. The highest BCUT2D eigenvalue weighted by Crippen LogP contribution is 2.16. The number of aryl methyl sites for hydroxylation is 2. The van der Waals surface area contributed by atoms with Gasteiger partial charge in [0.2, 0.25) is 0 Å². The Morgan fingerprint density at radius 2 is 2.04 bits per heavy atom. The molecule has 0 bridgehead atoms. The standard InChI is InChI=1S/C20H24FN5O/c1-14-25-17-6-3-4-7-18(17)26(14)11-5-10-23-20(22-2)24-13-15-8-9-19(27)16(21)12-15/h3-4,6-9,12,27H,5,10-11,13H2,1-2H3,(H2,22,23,24). The van der Waals surface area contributed by atoms with Crippen LogP contribution in [0.25, 0.3) is 11.0 Å². The Morgan fingerprint density at radius 3 is 2.81 bits per heavy atom. The summed E-state index contributed by atoms with van der Waals surface area (Å²) < 4.78 is 15.6. The van der Waals surface area contributed by atoms with Crippen LogP contribution in [0.5, 0.6) is 5.75 Å². The SMILES string of the molecule is CN=C(NCCCn1c(C)nc2ccccc21)NCc1ccc(O)c(F)c1. The summed E-state index contributed by atoms with van der Waals surface area (Å²) >= 11 is 0. The molecule has 1 heterocycles. The van der Waals surface area contributed by atoms with E-state index in [9.17, 15) is 9.50 Å². The number of rotatable bonds is 6. The zero-order chi connectivity index (χ0) is 19.2. The molecular weight excluding hydrogens is 345 g/mol. The number of guanidine groups is 1. The number of halogens is 1. The highest BCUT2D eigenvalue weighted by atomic mass is 19.1. The monoisotopic (exact) mass is 369 g/mol. The van der Waals surface area contributed by atoms with Gasteiger partial charge in [0.05, 0.1) is 11.0 Å². The van der Waals surface area contributed by atoms with Crippen molar-refractivity contribution >= 4 is 17.0 Å². The first-order valence-electron chi connectivity index (χ1n) is 8.92. The molecule has 0 spiro atoms. The number of nitrogens with zero attached hydrogens (tertiary/aromatic N) is 3. The van der Waals surface area contributed by atoms with Gasteiger partial charge in [0.25, 0.3) is 0 Å². The third-order valence-corrected chi connectivity index (χ3v) is 4.39. The van der Waals surface area contributed by atoms with E-state index in [0.717, 1.165) is 41.9 Å². The van der Waals surface area contributed by atoms with Crippen LogP contribution in [-0.4, -0.2) is 34.2 Å². The Hall–Kier alpha value is -3.09. The summed E-state index contributed by atoms with van der Waals surface area (Å²) in [5.74, 6) is 0.688. The maximum atomic E-state index is 13.4. The van der Waals surface area contributed by atoms with Crippen molar-refractivity contribution in [3.8, 4) is 5.75 Å². The van der Waals surface area contributed by atoms with Gasteiger partial charge in [-0.05, 0) is 43.2 Å². The Kier molecular flexibility index (Phi) is 5.90. The third kappa shape index (κ3) is 4.55. The molecule has 0 saturated heterocycles. The number of aromatic hydroxyl groups is 1. The lowest BCUT2D eigenvalue weighted by molar-refractivity contribution is 0.431. The van der Waals surface area contributed by atoms with Crippen LogP contribution in [0.3, 0.4) is 0 Å². The number of phenols is 1. The van der Waals surface area contributed by atoms with Gasteiger partial charge in [-0.3, -0.25) is 4.99 Å². The number of aliphatic imine (C=N–C) groups is 1. The lowest BCUT2D eigenvalue weighted by Gasteiger charge is -2.13. The quantitative estimate of drug-likeness (QED) is 0.355. The molecule has 2 aromatic carbocycles. The average molecular weight is 369 g/mol. The van der Waals surface area contributed by atoms with Gasteiger partial charge >= 0.3 is 0 Å². The van der Waals surface area contributed by atoms with E-state index in [1.807, 2.05) is 25.1 Å². The molecule has 3 rings (SSSR count). The highest BCUT2D eigenvalue weighted by Gasteiger charge is 2.06. The number of para-hydroxylation sites is 2. The average Bonchev–Trinajstić information content (AvgIpc) is 2.99. The molecular formula is C20H24FN5O. The van der Waals surface area contributed by atoms with Crippen LogP contribution in [0.2, 0.25) is 0 Å². The zero-order valence-electron chi connectivity index (χ0n) is 15.5. The number of benzene rings is 2. The van der Waals surface area contributed by atoms with Crippen LogP contribution in [0.1, 0.15) is 17.8 Å². The predicted molar refractivity (Wildman–Crippen MR) is 105 cm³/mol. The topological polar surface area (TPSA) is 74.5 Å². The van der Waals surface area contributed by atoms with Crippen LogP contribution >= 0.6 is 0 Å². The van der Waals surface area contributed by atoms with Crippen molar-refractivity contribution in [2.75, 3.05) is 13.6 Å². The second-order valence-electron chi connectivity index (χ2n) is 6.29. The van der Waals surface area contributed by atoms with E-state index in [1.54, 1.807) is 13.1 Å². The summed E-state index contributed by atoms with van der Waals surface area (Å²) in [5, 5.41) is 15.6. The Labute approximate surface area is 157 Å². The van der Waals surface area contributed by atoms with Crippen molar-refractivity contribution in [2.45, 2.75) is 26.4 Å². The summed E-state index contributed by atoms with van der Waals surface area (Å²) in [7, 11) is 1.69. The minimum atomic E-state index is -0.625. The normalized spacial score (nSPS) is 11.7. The maximum absolute atomic E-state index is 13.4. The van der Waals surface area contributed by atoms with Crippen molar-refractivity contribution in [3.05, 3.63) is 59.7 Å². The molecule has 27 heavy (non-hydrogen) atoms. The molecule has 7 heteroatoms. The van der Waals surface area contributed by atoms with Crippen LogP contribution in [-0.2, 0) is 13.1 Å². The van der Waals surface area contributed by atoms with Gasteiger partial charge in [-0.15, -0.1) is 0 Å². The minimum Gasteiger partial charge on any atom is -0.505 e. The number of hydrogen-bond acceptors (Lipinski definition) is 3. The molecule has 0 atom stereocenters. The molecule has 1 aromatic heterocycles.